The number of furan rings is 1. The van der Waals surface area contributed by atoms with Crippen LogP contribution in [0.5, 0.6) is 0 Å². The summed E-state index contributed by atoms with van der Waals surface area (Å²) in [6.45, 7) is 0. The molecule has 0 amide bonds. The van der Waals surface area contributed by atoms with Gasteiger partial charge in [-0.05, 0) is 79.9 Å². The van der Waals surface area contributed by atoms with E-state index >= 15 is 0 Å². The van der Waals surface area contributed by atoms with E-state index in [4.69, 9.17) is 4.42 Å². The maximum atomic E-state index is 6.10. The molecular weight excluding hydrogens is 504 g/mol. The van der Waals surface area contributed by atoms with Crippen LogP contribution < -0.4 is 0 Å². The normalized spacial score (nSPS) is 12.4. The summed E-state index contributed by atoms with van der Waals surface area (Å²) >= 11 is 1.88. The van der Waals surface area contributed by atoms with E-state index < -0.39 is 0 Å². The summed E-state index contributed by atoms with van der Waals surface area (Å²) in [5, 5.41) is 7.50. The molecule has 2 heterocycles. The van der Waals surface area contributed by atoms with Crippen LogP contribution in [0.4, 0.5) is 0 Å². The van der Waals surface area contributed by atoms with Crippen molar-refractivity contribution in [2.45, 2.75) is 9.79 Å². The first kappa shape index (κ1) is 22.1. The Morgan fingerprint density at radius 3 is 1.95 bits per heavy atom. The second-order valence-corrected chi connectivity index (χ2v) is 11.5. The van der Waals surface area contributed by atoms with Gasteiger partial charge in [0.2, 0.25) is 0 Å². The zero-order valence-electron chi connectivity index (χ0n) is 21.5. The van der Waals surface area contributed by atoms with Crippen LogP contribution in [-0.2, 0) is 0 Å². The van der Waals surface area contributed by atoms with Crippen molar-refractivity contribution >= 4 is 55.2 Å². The number of rotatable bonds is 2. The van der Waals surface area contributed by atoms with E-state index in [2.05, 4.69) is 121 Å². The molecule has 0 spiro atoms. The molecule has 1 aromatic heterocycles. The molecule has 7 aromatic carbocycles. The van der Waals surface area contributed by atoms with E-state index in [1.54, 1.807) is 0 Å². The molecule has 0 unspecified atom stereocenters. The van der Waals surface area contributed by atoms with E-state index in [-0.39, 0.29) is 0 Å². The molecule has 8 aromatic rings. The monoisotopic (exact) mass is 526 g/mol. The van der Waals surface area contributed by atoms with Crippen molar-refractivity contribution in [1.82, 2.24) is 0 Å². The lowest BCUT2D eigenvalue weighted by molar-refractivity contribution is 0.669. The average molecular weight is 527 g/mol. The van der Waals surface area contributed by atoms with Crippen molar-refractivity contribution in [3.05, 3.63) is 133 Å². The molecule has 1 nitrogen and oxygen atoms in total. The quantitative estimate of drug-likeness (QED) is 0.222. The van der Waals surface area contributed by atoms with Crippen LogP contribution in [0, 0.1) is 0 Å². The topological polar surface area (TPSA) is 13.1 Å². The van der Waals surface area contributed by atoms with Crippen molar-refractivity contribution in [2.24, 2.45) is 0 Å². The highest BCUT2D eigenvalue weighted by Crippen LogP contribution is 2.50. The maximum Gasteiger partial charge on any atom is 0.135 e. The van der Waals surface area contributed by atoms with Gasteiger partial charge in [-0.25, -0.2) is 0 Å². The lowest BCUT2D eigenvalue weighted by Gasteiger charge is -2.22. The Labute approximate surface area is 235 Å². The molecule has 1 aliphatic heterocycles. The third kappa shape index (κ3) is 3.11. The molecule has 0 atom stereocenters. The highest BCUT2D eigenvalue weighted by Gasteiger charge is 2.21. The summed E-state index contributed by atoms with van der Waals surface area (Å²) in [7, 11) is 0. The third-order valence-corrected chi connectivity index (χ3v) is 9.44. The predicted molar refractivity (Wildman–Crippen MR) is 169 cm³/mol. The van der Waals surface area contributed by atoms with E-state index in [9.17, 15) is 0 Å². The number of hydrogen-bond acceptors (Lipinski definition) is 2. The average Bonchev–Trinajstić information content (AvgIpc) is 3.39. The first-order chi connectivity index (χ1) is 19.8. The number of para-hydroxylation sites is 1. The number of hydrogen-bond donors (Lipinski definition) is 0. The van der Waals surface area contributed by atoms with Crippen molar-refractivity contribution in [1.29, 1.82) is 0 Å². The van der Waals surface area contributed by atoms with Gasteiger partial charge in [0.25, 0.3) is 0 Å². The molecule has 0 bridgehead atoms. The Bertz CT molecular complexity index is 2310. The molecule has 0 N–H and O–H groups in total. The Kier molecular flexibility index (Phi) is 4.61. The maximum absolute atomic E-state index is 6.10. The molecule has 0 saturated heterocycles. The van der Waals surface area contributed by atoms with E-state index in [1.165, 1.54) is 64.7 Å². The summed E-state index contributed by atoms with van der Waals surface area (Å²) in [6.07, 6.45) is 0. The van der Waals surface area contributed by atoms with Gasteiger partial charge in [0.1, 0.15) is 11.2 Å². The Hall–Kier alpha value is -4.79. The summed E-state index contributed by atoms with van der Waals surface area (Å²) in [6, 6.07) is 48.4. The van der Waals surface area contributed by atoms with Crippen molar-refractivity contribution < 1.29 is 4.42 Å². The molecule has 186 valence electrons. The Balaban J connectivity index is 1.27. The molecular formula is C38H22OS. The molecule has 2 heteroatoms. The fourth-order valence-corrected chi connectivity index (χ4v) is 7.62. The molecule has 0 radical (unpaired) electrons. The first-order valence-electron chi connectivity index (χ1n) is 13.6. The van der Waals surface area contributed by atoms with Gasteiger partial charge in [0, 0.05) is 25.9 Å². The molecule has 0 fully saturated rings. The van der Waals surface area contributed by atoms with Crippen LogP contribution in [0.3, 0.4) is 0 Å². The lowest BCUT2D eigenvalue weighted by atomic mass is 9.88. The Morgan fingerprint density at radius 2 is 1.02 bits per heavy atom. The van der Waals surface area contributed by atoms with Crippen LogP contribution in [-0.4, -0.2) is 0 Å². The van der Waals surface area contributed by atoms with E-state index in [1.807, 2.05) is 23.9 Å². The van der Waals surface area contributed by atoms with Crippen molar-refractivity contribution in [3.63, 3.8) is 0 Å². The molecule has 40 heavy (non-hydrogen) atoms. The fourth-order valence-electron chi connectivity index (χ4n) is 6.49. The highest BCUT2D eigenvalue weighted by atomic mass is 32.2. The molecule has 9 rings (SSSR count). The number of benzene rings is 7. The largest absolute Gasteiger partial charge is 0.456 e. The summed E-state index contributed by atoms with van der Waals surface area (Å²) < 4.78 is 6.10. The van der Waals surface area contributed by atoms with Gasteiger partial charge in [0.05, 0.1) is 0 Å². The van der Waals surface area contributed by atoms with Gasteiger partial charge in [-0.2, -0.15) is 0 Å². The zero-order chi connectivity index (χ0) is 26.2. The molecule has 0 saturated carbocycles. The SMILES string of the molecule is c1ccc2c(c1)Sc1ccc(-c3ccc(-c4ccc5oc6ccccc6c5c4)c4ccccc34)c3cccc-2c13. The van der Waals surface area contributed by atoms with Gasteiger partial charge in [-0.3, -0.25) is 0 Å². The fraction of sp³-hybridized carbons (Fsp3) is 0. The van der Waals surface area contributed by atoms with Gasteiger partial charge < -0.3 is 4.42 Å². The summed E-state index contributed by atoms with van der Waals surface area (Å²) in [5.41, 5.74) is 9.48. The number of fused-ring (bicyclic) bond motifs is 6. The first-order valence-corrected chi connectivity index (χ1v) is 14.4. The minimum absolute atomic E-state index is 0.925. The second kappa shape index (κ2) is 8.35. The summed E-state index contributed by atoms with van der Waals surface area (Å²) in [4.78, 5) is 2.65. The zero-order valence-corrected chi connectivity index (χ0v) is 22.3. The van der Waals surface area contributed by atoms with Crippen LogP contribution in [0.2, 0.25) is 0 Å². The standard InChI is InChI=1S/C38H22OS/c1-2-9-26-25(8-1)24(23-16-20-35-33(22-23)29-10-3-5-14-34(29)39-35)17-18-27(26)28-19-21-37-38-31(28)12-7-13-32(38)30-11-4-6-15-36(30)40-37/h1-22H. The van der Waals surface area contributed by atoms with Crippen LogP contribution >= 0.6 is 11.8 Å². The van der Waals surface area contributed by atoms with Crippen LogP contribution in [0.1, 0.15) is 0 Å². The lowest BCUT2D eigenvalue weighted by Crippen LogP contribution is -1.94. The predicted octanol–water partition coefficient (Wildman–Crippen LogP) is 11.4. The highest BCUT2D eigenvalue weighted by molar-refractivity contribution is 7.99. The van der Waals surface area contributed by atoms with Crippen molar-refractivity contribution in [3.8, 4) is 33.4 Å². The summed E-state index contributed by atoms with van der Waals surface area (Å²) in [5.74, 6) is 0. The van der Waals surface area contributed by atoms with Gasteiger partial charge >= 0.3 is 0 Å². The van der Waals surface area contributed by atoms with Gasteiger partial charge in [-0.15, -0.1) is 0 Å². The second-order valence-electron chi connectivity index (χ2n) is 10.5. The van der Waals surface area contributed by atoms with E-state index in [0.29, 0.717) is 0 Å². The molecule has 1 aliphatic rings. The molecule has 0 aliphatic carbocycles. The van der Waals surface area contributed by atoms with E-state index in [0.717, 1.165) is 21.9 Å². The smallest absolute Gasteiger partial charge is 0.135 e. The van der Waals surface area contributed by atoms with Crippen molar-refractivity contribution in [2.75, 3.05) is 0 Å². The van der Waals surface area contributed by atoms with Gasteiger partial charge in [-0.1, -0.05) is 115 Å². The van der Waals surface area contributed by atoms with Crippen LogP contribution in [0.25, 0.3) is 76.9 Å². The minimum Gasteiger partial charge on any atom is -0.456 e. The van der Waals surface area contributed by atoms with Crippen LogP contribution in [0.15, 0.2) is 148 Å². The minimum atomic E-state index is 0.925. The van der Waals surface area contributed by atoms with Gasteiger partial charge in [0.15, 0.2) is 0 Å². The Morgan fingerprint density at radius 1 is 0.375 bits per heavy atom. The third-order valence-electron chi connectivity index (χ3n) is 8.30.